The Labute approximate surface area is 212 Å². The van der Waals surface area contributed by atoms with Crippen molar-refractivity contribution in [2.75, 3.05) is 35.1 Å². The second-order valence-electron chi connectivity index (χ2n) is 7.77. The maximum absolute atomic E-state index is 13.6. The zero-order valence-electron chi connectivity index (χ0n) is 18.8. The second-order valence-corrected chi connectivity index (χ2v) is 8.53. The summed E-state index contributed by atoms with van der Waals surface area (Å²) < 4.78 is 13.6. The van der Waals surface area contributed by atoms with Crippen molar-refractivity contribution in [3.05, 3.63) is 78.6 Å². The number of nitrogens with one attached hydrogen (secondary N) is 2. The molecule has 0 atom stereocenters. The number of carbonyl (C=O) groups is 1. The molecule has 0 aliphatic heterocycles. The van der Waals surface area contributed by atoms with E-state index in [0.717, 1.165) is 33.3 Å². The molecule has 0 bridgehead atoms. The molecule has 1 heterocycles. The molecule has 180 valence electrons. The van der Waals surface area contributed by atoms with Crippen LogP contribution in [0.1, 0.15) is 0 Å². The average molecular weight is 512 g/mol. The third-order valence-corrected chi connectivity index (χ3v) is 5.92. The minimum atomic E-state index is -0.534. The summed E-state index contributed by atoms with van der Waals surface area (Å²) >= 11 is 12.2. The van der Waals surface area contributed by atoms with E-state index in [1.165, 1.54) is 12.1 Å². The van der Waals surface area contributed by atoms with Crippen LogP contribution in [0.3, 0.4) is 0 Å². The smallest absolute Gasteiger partial charge is 0.333 e. The standard InChI is InChI=1S/C26H24Cl2FN5O/c27-11-13-34(14-12-28)25-10-9-19(31-26(35)33-30)15-22(25)21-16-24(17-5-7-18(29)8-6-17)32-23-4-2-1-3-20(21)23/h1-10,15-16H,11-14,30H2,(H2,31,33,35). The number of hydrazine groups is 1. The van der Waals surface area contributed by atoms with Gasteiger partial charge in [0.2, 0.25) is 0 Å². The maximum atomic E-state index is 13.6. The van der Waals surface area contributed by atoms with Crippen molar-refractivity contribution in [3.8, 4) is 22.4 Å². The molecule has 0 aliphatic rings. The molecule has 0 radical (unpaired) electrons. The molecule has 35 heavy (non-hydrogen) atoms. The highest BCUT2D eigenvalue weighted by Crippen LogP contribution is 2.39. The lowest BCUT2D eigenvalue weighted by Crippen LogP contribution is -2.34. The third kappa shape index (κ3) is 5.65. The third-order valence-electron chi connectivity index (χ3n) is 5.58. The SMILES string of the molecule is NNC(=O)Nc1ccc(N(CCCl)CCCl)c(-c2cc(-c3ccc(F)cc3)nc3ccccc23)c1. The highest BCUT2D eigenvalue weighted by atomic mass is 35.5. The Bertz CT molecular complexity index is 1330. The number of benzene rings is 3. The van der Waals surface area contributed by atoms with E-state index < -0.39 is 6.03 Å². The van der Waals surface area contributed by atoms with Gasteiger partial charge in [-0.05, 0) is 60.2 Å². The predicted octanol–water partition coefficient (Wildman–Crippen LogP) is 5.99. The van der Waals surface area contributed by atoms with Crippen molar-refractivity contribution in [2.24, 2.45) is 5.84 Å². The minimum absolute atomic E-state index is 0.313. The van der Waals surface area contributed by atoms with Gasteiger partial charge in [0.25, 0.3) is 0 Å². The number of anilines is 2. The van der Waals surface area contributed by atoms with Crippen LogP contribution in [0.25, 0.3) is 33.3 Å². The van der Waals surface area contributed by atoms with Crippen LogP contribution >= 0.6 is 23.2 Å². The summed E-state index contributed by atoms with van der Waals surface area (Å²) in [5, 5.41) is 3.66. The van der Waals surface area contributed by atoms with Crippen LogP contribution in [0.4, 0.5) is 20.6 Å². The second kappa shape index (κ2) is 11.4. The molecule has 1 aromatic heterocycles. The van der Waals surface area contributed by atoms with E-state index in [0.29, 0.717) is 36.2 Å². The Balaban J connectivity index is 1.97. The number of halogens is 3. The Kier molecular flexibility index (Phi) is 8.02. The van der Waals surface area contributed by atoms with E-state index in [4.69, 9.17) is 34.0 Å². The first-order chi connectivity index (χ1) is 17.0. The first kappa shape index (κ1) is 24.7. The fourth-order valence-corrected chi connectivity index (χ4v) is 4.40. The van der Waals surface area contributed by atoms with E-state index >= 15 is 0 Å². The Morgan fingerprint density at radius 1 is 0.943 bits per heavy atom. The van der Waals surface area contributed by atoms with Crippen molar-refractivity contribution in [3.63, 3.8) is 0 Å². The van der Waals surface area contributed by atoms with Crippen molar-refractivity contribution in [2.45, 2.75) is 0 Å². The maximum Gasteiger partial charge on any atom is 0.333 e. The monoisotopic (exact) mass is 511 g/mol. The van der Waals surface area contributed by atoms with Gasteiger partial charge < -0.3 is 10.2 Å². The number of alkyl halides is 2. The number of hydrogen-bond donors (Lipinski definition) is 3. The van der Waals surface area contributed by atoms with E-state index in [-0.39, 0.29) is 5.82 Å². The van der Waals surface area contributed by atoms with Gasteiger partial charge in [-0.1, -0.05) is 18.2 Å². The summed E-state index contributed by atoms with van der Waals surface area (Å²) in [6.45, 7) is 1.18. The average Bonchev–Trinajstić information content (AvgIpc) is 2.88. The zero-order chi connectivity index (χ0) is 24.8. The number of amides is 2. The molecule has 4 rings (SSSR count). The zero-order valence-corrected chi connectivity index (χ0v) is 20.3. The largest absolute Gasteiger partial charge is 0.369 e. The fourth-order valence-electron chi connectivity index (χ4n) is 4.00. The first-order valence-corrected chi connectivity index (χ1v) is 12.1. The van der Waals surface area contributed by atoms with Gasteiger partial charge in [-0.2, -0.15) is 0 Å². The lowest BCUT2D eigenvalue weighted by Gasteiger charge is -2.27. The van der Waals surface area contributed by atoms with Crippen molar-refractivity contribution in [1.82, 2.24) is 10.4 Å². The van der Waals surface area contributed by atoms with Crippen LogP contribution in [0.15, 0.2) is 72.8 Å². The Morgan fingerprint density at radius 2 is 1.66 bits per heavy atom. The van der Waals surface area contributed by atoms with Gasteiger partial charge in [-0.3, -0.25) is 5.43 Å². The number of pyridine rings is 1. The lowest BCUT2D eigenvalue weighted by molar-refractivity contribution is 0.252. The Morgan fingerprint density at radius 3 is 2.34 bits per heavy atom. The number of urea groups is 1. The molecule has 0 spiro atoms. The number of hydrogen-bond acceptors (Lipinski definition) is 4. The van der Waals surface area contributed by atoms with Crippen LogP contribution in [-0.2, 0) is 0 Å². The van der Waals surface area contributed by atoms with Crippen LogP contribution in [-0.4, -0.2) is 35.9 Å². The molecular formula is C26H24Cl2FN5O. The fraction of sp³-hybridized carbons (Fsp3) is 0.154. The molecule has 4 aromatic rings. The van der Waals surface area contributed by atoms with E-state index in [2.05, 4.69) is 15.6 Å². The minimum Gasteiger partial charge on any atom is -0.369 e. The molecule has 0 fully saturated rings. The summed E-state index contributed by atoms with van der Waals surface area (Å²) in [5.74, 6) is 5.79. The molecule has 0 saturated heterocycles. The molecule has 0 saturated carbocycles. The van der Waals surface area contributed by atoms with Crippen molar-refractivity contribution in [1.29, 1.82) is 0 Å². The molecule has 4 N–H and O–H groups in total. The highest BCUT2D eigenvalue weighted by Gasteiger charge is 2.18. The van der Waals surface area contributed by atoms with Gasteiger partial charge in [0.1, 0.15) is 5.82 Å². The van der Waals surface area contributed by atoms with Gasteiger partial charge in [-0.15, -0.1) is 23.2 Å². The van der Waals surface area contributed by atoms with Gasteiger partial charge in [0, 0.05) is 52.7 Å². The highest BCUT2D eigenvalue weighted by molar-refractivity contribution is 6.18. The quantitative estimate of drug-likeness (QED) is 0.117. The number of para-hydroxylation sites is 1. The number of rotatable bonds is 8. The number of aromatic nitrogens is 1. The van der Waals surface area contributed by atoms with Crippen LogP contribution in [0.2, 0.25) is 0 Å². The van der Waals surface area contributed by atoms with Gasteiger partial charge in [0.05, 0.1) is 11.2 Å². The summed E-state index contributed by atoms with van der Waals surface area (Å²) in [5.41, 5.74) is 7.58. The summed E-state index contributed by atoms with van der Waals surface area (Å²) in [6.07, 6.45) is 0. The molecule has 3 aromatic carbocycles. The molecule has 9 heteroatoms. The summed E-state index contributed by atoms with van der Waals surface area (Å²) in [6, 6.07) is 21.1. The van der Waals surface area contributed by atoms with E-state index in [1.807, 2.05) is 42.5 Å². The summed E-state index contributed by atoms with van der Waals surface area (Å²) in [7, 11) is 0. The molecule has 0 aliphatic carbocycles. The van der Waals surface area contributed by atoms with Gasteiger partial charge in [0.15, 0.2) is 0 Å². The van der Waals surface area contributed by atoms with Crippen LogP contribution in [0.5, 0.6) is 0 Å². The first-order valence-electron chi connectivity index (χ1n) is 11.0. The number of nitrogens with two attached hydrogens (primary N) is 1. The molecule has 2 amide bonds. The molecule has 0 unspecified atom stereocenters. The van der Waals surface area contributed by atoms with Crippen LogP contribution < -0.4 is 21.5 Å². The van der Waals surface area contributed by atoms with Crippen LogP contribution in [0, 0.1) is 5.82 Å². The van der Waals surface area contributed by atoms with Crippen molar-refractivity contribution < 1.29 is 9.18 Å². The Hall–Kier alpha value is -3.39. The van der Waals surface area contributed by atoms with E-state index in [9.17, 15) is 9.18 Å². The van der Waals surface area contributed by atoms with E-state index in [1.54, 1.807) is 18.2 Å². The lowest BCUT2D eigenvalue weighted by atomic mass is 9.96. The number of fused-ring (bicyclic) bond motifs is 1. The van der Waals surface area contributed by atoms with Gasteiger partial charge in [-0.25, -0.2) is 20.0 Å². The number of carbonyl (C=O) groups excluding carboxylic acids is 1. The normalized spacial score (nSPS) is 10.9. The summed E-state index contributed by atoms with van der Waals surface area (Å²) in [4.78, 5) is 18.8. The number of nitrogens with zero attached hydrogens (tertiary/aromatic N) is 2. The topological polar surface area (TPSA) is 83.3 Å². The molecule has 6 nitrogen and oxygen atoms in total. The molecular weight excluding hydrogens is 488 g/mol. The van der Waals surface area contributed by atoms with Crippen molar-refractivity contribution >= 4 is 51.5 Å². The van der Waals surface area contributed by atoms with Gasteiger partial charge >= 0.3 is 6.03 Å². The predicted molar refractivity (Wildman–Crippen MR) is 143 cm³/mol.